The number of anilines is 1. The summed E-state index contributed by atoms with van der Waals surface area (Å²) in [7, 11) is 0. The van der Waals surface area contributed by atoms with E-state index in [4.69, 9.17) is 25.8 Å². The Kier molecular flexibility index (Phi) is 7.35. The van der Waals surface area contributed by atoms with Crippen LogP contribution >= 0.6 is 11.6 Å². The standard InChI is InChI=1S/C32H21ClN2O8/c33-21-8-10-25(24(14-21)29(37)19-4-2-1-3-5-19)34-28(36)16-41-32(40)20-7-9-22-23(13-20)31(39)35(30(22)38)15-18-6-11-26-27(12-18)43-17-42-26/h1-14H,15-17H2,(H,34,36). The molecule has 43 heavy (non-hydrogen) atoms. The molecule has 0 aromatic heterocycles. The molecule has 214 valence electrons. The number of carbonyl (C=O) groups is 5. The van der Waals surface area contributed by atoms with E-state index in [9.17, 15) is 24.0 Å². The van der Waals surface area contributed by atoms with Gasteiger partial charge in [0.05, 0.1) is 28.9 Å². The highest BCUT2D eigenvalue weighted by atomic mass is 35.5. The van der Waals surface area contributed by atoms with Crippen molar-refractivity contribution in [1.29, 1.82) is 0 Å². The summed E-state index contributed by atoms with van der Waals surface area (Å²) in [5, 5.41) is 2.88. The fourth-order valence-corrected chi connectivity index (χ4v) is 4.91. The molecule has 0 atom stereocenters. The van der Waals surface area contributed by atoms with Crippen molar-refractivity contribution < 1.29 is 38.2 Å². The topological polar surface area (TPSA) is 128 Å². The number of halogens is 1. The van der Waals surface area contributed by atoms with Gasteiger partial charge in [0.25, 0.3) is 17.7 Å². The maximum atomic E-state index is 13.1. The average Bonchev–Trinajstić information content (AvgIpc) is 3.59. The Hall–Kier alpha value is -5.48. The molecule has 2 heterocycles. The number of rotatable bonds is 8. The maximum absolute atomic E-state index is 13.1. The summed E-state index contributed by atoms with van der Waals surface area (Å²) in [6.07, 6.45) is 0. The molecule has 0 bridgehead atoms. The zero-order valence-corrected chi connectivity index (χ0v) is 23.1. The van der Waals surface area contributed by atoms with Gasteiger partial charge >= 0.3 is 5.97 Å². The summed E-state index contributed by atoms with van der Waals surface area (Å²) < 4.78 is 15.8. The largest absolute Gasteiger partial charge is 0.454 e. The molecule has 6 rings (SSSR count). The third kappa shape index (κ3) is 5.55. The van der Waals surface area contributed by atoms with E-state index in [2.05, 4.69) is 5.32 Å². The van der Waals surface area contributed by atoms with Crippen molar-refractivity contribution in [2.24, 2.45) is 0 Å². The fraction of sp³-hybridized carbons (Fsp3) is 0.0938. The third-order valence-electron chi connectivity index (χ3n) is 6.85. The average molecular weight is 597 g/mol. The normalized spacial score (nSPS) is 13.1. The molecule has 4 aromatic carbocycles. The first kappa shape index (κ1) is 27.7. The number of fused-ring (bicyclic) bond motifs is 2. The molecule has 0 radical (unpaired) electrons. The first-order valence-electron chi connectivity index (χ1n) is 13.0. The summed E-state index contributed by atoms with van der Waals surface area (Å²) in [6, 6.07) is 22.1. The van der Waals surface area contributed by atoms with Gasteiger partial charge < -0.3 is 19.5 Å². The number of hydrogen-bond acceptors (Lipinski definition) is 8. The predicted octanol–water partition coefficient (Wildman–Crippen LogP) is 4.89. The molecule has 0 saturated carbocycles. The smallest absolute Gasteiger partial charge is 0.338 e. The highest BCUT2D eigenvalue weighted by Crippen LogP contribution is 2.34. The van der Waals surface area contributed by atoms with Crippen LogP contribution < -0.4 is 14.8 Å². The fourth-order valence-electron chi connectivity index (χ4n) is 4.74. The van der Waals surface area contributed by atoms with Crippen LogP contribution in [-0.4, -0.2) is 47.8 Å². The Morgan fingerprint density at radius 1 is 0.814 bits per heavy atom. The molecule has 10 nitrogen and oxygen atoms in total. The molecule has 0 unspecified atom stereocenters. The number of esters is 1. The lowest BCUT2D eigenvalue weighted by Crippen LogP contribution is -2.29. The molecular weight excluding hydrogens is 576 g/mol. The first-order chi connectivity index (χ1) is 20.8. The van der Waals surface area contributed by atoms with Crippen LogP contribution in [0.5, 0.6) is 11.5 Å². The Balaban J connectivity index is 1.11. The number of imide groups is 1. The number of carbonyl (C=O) groups excluding carboxylic acids is 5. The number of benzene rings is 4. The quantitative estimate of drug-likeness (QED) is 0.173. The summed E-state index contributed by atoms with van der Waals surface area (Å²) in [5.41, 5.74) is 1.64. The second kappa shape index (κ2) is 11.4. The molecule has 11 heteroatoms. The lowest BCUT2D eigenvalue weighted by atomic mass is 10.0. The van der Waals surface area contributed by atoms with E-state index in [1.807, 2.05) is 0 Å². The van der Waals surface area contributed by atoms with Crippen LogP contribution in [0.15, 0.2) is 84.9 Å². The molecular formula is C32H21ClN2O8. The van der Waals surface area contributed by atoms with Crippen LogP contribution in [0.3, 0.4) is 0 Å². The molecule has 2 aliphatic heterocycles. The van der Waals surface area contributed by atoms with Gasteiger partial charge in [-0.15, -0.1) is 0 Å². The Morgan fingerprint density at radius 3 is 2.40 bits per heavy atom. The highest BCUT2D eigenvalue weighted by Gasteiger charge is 2.36. The number of ether oxygens (including phenoxy) is 3. The van der Waals surface area contributed by atoms with Gasteiger partial charge in [-0.2, -0.15) is 0 Å². The van der Waals surface area contributed by atoms with E-state index in [0.717, 1.165) is 4.90 Å². The number of amides is 3. The van der Waals surface area contributed by atoms with Crippen molar-refractivity contribution in [2.45, 2.75) is 6.54 Å². The van der Waals surface area contributed by atoms with Crippen LogP contribution in [0.4, 0.5) is 5.69 Å². The second-order valence-corrected chi connectivity index (χ2v) is 10.1. The lowest BCUT2D eigenvalue weighted by molar-refractivity contribution is -0.119. The Morgan fingerprint density at radius 2 is 1.58 bits per heavy atom. The zero-order valence-electron chi connectivity index (χ0n) is 22.3. The summed E-state index contributed by atoms with van der Waals surface area (Å²) >= 11 is 6.09. The lowest BCUT2D eigenvalue weighted by Gasteiger charge is -2.14. The van der Waals surface area contributed by atoms with Crippen molar-refractivity contribution in [3.8, 4) is 11.5 Å². The summed E-state index contributed by atoms with van der Waals surface area (Å²) in [5.74, 6) is -1.87. The Labute approximate surface area is 249 Å². The maximum Gasteiger partial charge on any atom is 0.338 e. The number of ketones is 1. The summed E-state index contributed by atoms with van der Waals surface area (Å²) in [4.78, 5) is 65.6. The van der Waals surface area contributed by atoms with E-state index in [0.29, 0.717) is 27.6 Å². The van der Waals surface area contributed by atoms with E-state index < -0.39 is 30.3 Å². The predicted molar refractivity (Wildman–Crippen MR) is 153 cm³/mol. The van der Waals surface area contributed by atoms with Gasteiger partial charge in [0.15, 0.2) is 23.9 Å². The minimum Gasteiger partial charge on any atom is -0.454 e. The molecule has 2 aliphatic rings. The SMILES string of the molecule is O=C(COC(=O)c1ccc2c(c1)C(=O)N(Cc1ccc3c(c1)OCO3)C2=O)Nc1ccc(Cl)cc1C(=O)c1ccccc1. The van der Waals surface area contributed by atoms with Gasteiger partial charge in [-0.3, -0.25) is 24.1 Å². The third-order valence-corrected chi connectivity index (χ3v) is 7.09. The second-order valence-electron chi connectivity index (χ2n) is 9.65. The van der Waals surface area contributed by atoms with Gasteiger partial charge in [-0.1, -0.05) is 48.0 Å². The molecule has 1 N–H and O–H groups in total. The molecule has 0 saturated heterocycles. The van der Waals surface area contributed by atoms with Crippen molar-refractivity contribution in [2.75, 3.05) is 18.7 Å². The van der Waals surface area contributed by atoms with E-state index in [-0.39, 0.29) is 47.1 Å². The van der Waals surface area contributed by atoms with Gasteiger partial charge in [0.2, 0.25) is 6.79 Å². The van der Waals surface area contributed by atoms with E-state index in [1.54, 1.807) is 48.5 Å². The van der Waals surface area contributed by atoms with Crippen molar-refractivity contribution >= 4 is 46.8 Å². The number of hydrogen-bond donors (Lipinski definition) is 1. The highest BCUT2D eigenvalue weighted by molar-refractivity contribution is 6.31. The van der Waals surface area contributed by atoms with Crippen molar-refractivity contribution in [3.05, 3.63) is 123 Å². The Bertz CT molecular complexity index is 1820. The van der Waals surface area contributed by atoms with Gasteiger partial charge in [-0.25, -0.2) is 4.79 Å². The molecule has 4 aromatic rings. The van der Waals surface area contributed by atoms with Crippen LogP contribution in [0.2, 0.25) is 5.02 Å². The first-order valence-corrected chi connectivity index (χ1v) is 13.4. The van der Waals surface area contributed by atoms with Crippen molar-refractivity contribution in [3.63, 3.8) is 0 Å². The van der Waals surface area contributed by atoms with Crippen LogP contribution in [0, 0.1) is 0 Å². The minimum atomic E-state index is -0.871. The van der Waals surface area contributed by atoms with Crippen LogP contribution in [0.1, 0.15) is 52.6 Å². The number of nitrogens with one attached hydrogen (secondary N) is 1. The zero-order chi connectivity index (χ0) is 30.1. The van der Waals surface area contributed by atoms with Gasteiger partial charge in [0, 0.05) is 16.1 Å². The van der Waals surface area contributed by atoms with E-state index >= 15 is 0 Å². The van der Waals surface area contributed by atoms with Crippen LogP contribution in [-0.2, 0) is 16.1 Å². The molecule has 3 amide bonds. The van der Waals surface area contributed by atoms with E-state index in [1.165, 1.54) is 36.4 Å². The monoisotopic (exact) mass is 596 g/mol. The minimum absolute atomic E-state index is 0.00238. The molecule has 0 spiro atoms. The molecule has 0 fully saturated rings. The van der Waals surface area contributed by atoms with Crippen molar-refractivity contribution in [1.82, 2.24) is 4.90 Å². The number of nitrogens with zero attached hydrogens (tertiary/aromatic N) is 1. The molecule has 0 aliphatic carbocycles. The van der Waals surface area contributed by atoms with Crippen LogP contribution in [0.25, 0.3) is 0 Å². The summed E-state index contributed by atoms with van der Waals surface area (Å²) in [6.45, 7) is -0.564. The van der Waals surface area contributed by atoms with Gasteiger partial charge in [0.1, 0.15) is 0 Å². The van der Waals surface area contributed by atoms with Gasteiger partial charge in [-0.05, 0) is 54.1 Å².